The van der Waals surface area contributed by atoms with E-state index in [1.54, 1.807) is 6.20 Å². The summed E-state index contributed by atoms with van der Waals surface area (Å²) in [5.41, 5.74) is 4.32. The van der Waals surface area contributed by atoms with Crippen LogP contribution in [-0.4, -0.2) is 11.5 Å². The van der Waals surface area contributed by atoms with Gasteiger partial charge in [0, 0.05) is 18.4 Å². The summed E-state index contributed by atoms with van der Waals surface area (Å²) in [7, 11) is 0. The Morgan fingerprint density at radius 1 is 1.16 bits per heavy atom. The summed E-state index contributed by atoms with van der Waals surface area (Å²) in [6.07, 6.45) is 1.81. The van der Waals surface area contributed by atoms with E-state index in [2.05, 4.69) is 43.2 Å². The van der Waals surface area contributed by atoms with Crippen LogP contribution >= 0.6 is 0 Å². The third kappa shape index (κ3) is 3.47. The smallest absolute Gasteiger partial charge is 0.130 e. The van der Waals surface area contributed by atoms with E-state index in [1.807, 2.05) is 18.2 Å². The van der Waals surface area contributed by atoms with Gasteiger partial charge in [0.15, 0.2) is 0 Å². The van der Waals surface area contributed by atoms with Crippen molar-refractivity contribution in [3.63, 3.8) is 0 Å². The van der Waals surface area contributed by atoms with Crippen molar-refractivity contribution in [1.82, 2.24) is 4.98 Å². The fourth-order valence-corrected chi connectivity index (χ4v) is 2.04. The lowest BCUT2D eigenvalue weighted by atomic mass is 10.1. The number of hydrogen-bond donors (Lipinski definition) is 1. The van der Waals surface area contributed by atoms with E-state index in [-0.39, 0.29) is 0 Å². The van der Waals surface area contributed by atoms with Gasteiger partial charge in [0.25, 0.3) is 0 Å². The molecule has 3 heteroatoms. The summed E-state index contributed by atoms with van der Waals surface area (Å²) in [6, 6.07) is 10.2. The molecule has 0 fully saturated rings. The highest BCUT2D eigenvalue weighted by atomic mass is 16.5. The quantitative estimate of drug-likeness (QED) is 0.885. The number of ether oxygens (including phenoxy) is 1. The minimum absolute atomic E-state index is 0.491. The molecule has 0 amide bonds. The van der Waals surface area contributed by atoms with Gasteiger partial charge in [-0.3, -0.25) is 4.98 Å². The predicted molar refractivity (Wildman–Crippen MR) is 78.6 cm³/mol. The third-order valence-corrected chi connectivity index (χ3v) is 2.97. The molecule has 0 saturated heterocycles. The van der Waals surface area contributed by atoms with Gasteiger partial charge in [-0.05, 0) is 44.0 Å². The highest BCUT2D eigenvalue weighted by molar-refractivity contribution is 5.43. The van der Waals surface area contributed by atoms with Crippen molar-refractivity contribution in [1.29, 1.82) is 0 Å². The van der Waals surface area contributed by atoms with Crippen LogP contribution in [0.1, 0.15) is 23.7 Å². The summed E-state index contributed by atoms with van der Waals surface area (Å²) in [5.74, 6) is 0.957. The number of aromatic nitrogens is 1. The van der Waals surface area contributed by atoms with Gasteiger partial charge in [-0.2, -0.15) is 0 Å². The maximum atomic E-state index is 5.90. The summed E-state index contributed by atoms with van der Waals surface area (Å²) >= 11 is 0. The molecular formula is C16H20N2O. The lowest BCUT2D eigenvalue weighted by molar-refractivity contribution is 0.297. The van der Waals surface area contributed by atoms with Crippen LogP contribution in [0, 0.1) is 13.8 Å². The second kappa shape index (κ2) is 6.23. The number of pyridine rings is 1. The van der Waals surface area contributed by atoms with Gasteiger partial charge in [-0.15, -0.1) is 0 Å². The van der Waals surface area contributed by atoms with Crippen LogP contribution in [0.2, 0.25) is 0 Å². The first-order valence-electron chi connectivity index (χ1n) is 6.58. The van der Waals surface area contributed by atoms with E-state index >= 15 is 0 Å². The van der Waals surface area contributed by atoms with Crippen LogP contribution < -0.4 is 10.1 Å². The second-order valence-electron chi connectivity index (χ2n) is 4.58. The highest BCUT2D eigenvalue weighted by Gasteiger charge is 2.04. The molecule has 1 N–H and O–H groups in total. The Morgan fingerprint density at radius 2 is 1.89 bits per heavy atom. The molecule has 0 atom stereocenters. The second-order valence-corrected chi connectivity index (χ2v) is 4.58. The SMILES string of the molecule is CCNc1ccnc(COc2c(C)cccc2C)c1. The Hall–Kier alpha value is -2.03. The van der Waals surface area contributed by atoms with Crippen LogP contribution in [0.25, 0.3) is 0 Å². The molecule has 0 aliphatic rings. The number of nitrogens with one attached hydrogen (secondary N) is 1. The van der Waals surface area contributed by atoms with Gasteiger partial charge in [-0.25, -0.2) is 0 Å². The van der Waals surface area contributed by atoms with Gasteiger partial charge >= 0.3 is 0 Å². The largest absolute Gasteiger partial charge is 0.487 e. The van der Waals surface area contributed by atoms with Gasteiger partial charge in [0.2, 0.25) is 0 Å². The Kier molecular flexibility index (Phi) is 4.39. The van der Waals surface area contributed by atoms with Crippen LogP contribution in [0.5, 0.6) is 5.75 Å². The molecule has 2 aromatic rings. The number of rotatable bonds is 5. The summed E-state index contributed by atoms with van der Waals surface area (Å²) in [5, 5.41) is 3.27. The molecule has 0 saturated carbocycles. The molecular weight excluding hydrogens is 236 g/mol. The predicted octanol–water partition coefficient (Wildman–Crippen LogP) is 3.71. The van der Waals surface area contributed by atoms with E-state index in [0.29, 0.717) is 6.61 Å². The van der Waals surface area contributed by atoms with Gasteiger partial charge in [0.05, 0.1) is 5.69 Å². The monoisotopic (exact) mass is 256 g/mol. The van der Waals surface area contributed by atoms with Crippen molar-refractivity contribution in [3.8, 4) is 5.75 Å². The minimum Gasteiger partial charge on any atom is -0.487 e. The van der Waals surface area contributed by atoms with E-state index in [0.717, 1.165) is 34.8 Å². The Balaban J connectivity index is 2.08. The van der Waals surface area contributed by atoms with Crippen LogP contribution in [0.15, 0.2) is 36.5 Å². The number of benzene rings is 1. The normalized spacial score (nSPS) is 10.3. The summed E-state index contributed by atoms with van der Waals surface area (Å²) in [4.78, 5) is 4.33. The maximum Gasteiger partial charge on any atom is 0.130 e. The topological polar surface area (TPSA) is 34.2 Å². The van der Waals surface area contributed by atoms with E-state index < -0.39 is 0 Å². The number of nitrogens with zero attached hydrogens (tertiary/aromatic N) is 1. The number of aryl methyl sites for hydroxylation is 2. The first-order valence-corrected chi connectivity index (χ1v) is 6.58. The van der Waals surface area contributed by atoms with Crippen LogP contribution in [0.3, 0.4) is 0 Å². The summed E-state index contributed by atoms with van der Waals surface area (Å²) < 4.78 is 5.90. The molecule has 3 nitrogen and oxygen atoms in total. The van der Waals surface area contributed by atoms with Crippen molar-refractivity contribution in [2.75, 3.05) is 11.9 Å². The fourth-order valence-electron chi connectivity index (χ4n) is 2.04. The third-order valence-electron chi connectivity index (χ3n) is 2.97. The molecule has 19 heavy (non-hydrogen) atoms. The molecule has 0 radical (unpaired) electrons. The van der Waals surface area contributed by atoms with Crippen molar-refractivity contribution < 1.29 is 4.74 Å². The van der Waals surface area contributed by atoms with Gasteiger partial charge in [-0.1, -0.05) is 18.2 Å². The summed E-state index contributed by atoms with van der Waals surface area (Å²) in [6.45, 7) is 7.59. The minimum atomic E-state index is 0.491. The molecule has 1 aromatic heterocycles. The van der Waals surface area contributed by atoms with Crippen molar-refractivity contribution in [2.45, 2.75) is 27.4 Å². The lowest BCUT2D eigenvalue weighted by Gasteiger charge is -2.12. The Morgan fingerprint density at radius 3 is 2.58 bits per heavy atom. The molecule has 1 aromatic carbocycles. The molecule has 0 aliphatic carbocycles. The number of anilines is 1. The van der Waals surface area contributed by atoms with Crippen LogP contribution in [-0.2, 0) is 6.61 Å². The van der Waals surface area contributed by atoms with E-state index in [1.165, 1.54) is 0 Å². The molecule has 0 unspecified atom stereocenters. The van der Waals surface area contributed by atoms with Gasteiger partial charge in [0.1, 0.15) is 12.4 Å². The zero-order valence-electron chi connectivity index (χ0n) is 11.7. The highest BCUT2D eigenvalue weighted by Crippen LogP contribution is 2.23. The molecule has 0 bridgehead atoms. The zero-order chi connectivity index (χ0) is 13.7. The van der Waals surface area contributed by atoms with Gasteiger partial charge < -0.3 is 10.1 Å². The van der Waals surface area contributed by atoms with Crippen molar-refractivity contribution in [2.24, 2.45) is 0 Å². The fraction of sp³-hybridized carbons (Fsp3) is 0.312. The van der Waals surface area contributed by atoms with E-state index in [9.17, 15) is 0 Å². The van der Waals surface area contributed by atoms with Crippen molar-refractivity contribution >= 4 is 5.69 Å². The molecule has 0 spiro atoms. The average molecular weight is 256 g/mol. The molecule has 1 heterocycles. The zero-order valence-corrected chi connectivity index (χ0v) is 11.7. The van der Waals surface area contributed by atoms with E-state index in [4.69, 9.17) is 4.74 Å². The standard InChI is InChI=1S/C16H20N2O/c1-4-17-14-8-9-18-15(10-14)11-19-16-12(2)6-5-7-13(16)3/h5-10H,4,11H2,1-3H3,(H,17,18). The lowest BCUT2D eigenvalue weighted by Crippen LogP contribution is -2.03. The molecule has 100 valence electrons. The average Bonchev–Trinajstić information content (AvgIpc) is 2.39. The Labute approximate surface area is 114 Å². The van der Waals surface area contributed by atoms with Crippen LogP contribution in [0.4, 0.5) is 5.69 Å². The van der Waals surface area contributed by atoms with Crippen molar-refractivity contribution in [3.05, 3.63) is 53.3 Å². The first kappa shape index (κ1) is 13.4. The first-order chi connectivity index (χ1) is 9.20. The number of para-hydroxylation sites is 1. The number of hydrogen-bond acceptors (Lipinski definition) is 3. The molecule has 2 rings (SSSR count). The maximum absolute atomic E-state index is 5.90. The Bertz CT molecular complexity index is 532. The molecule has 0 aliphatic heterocycles.